The van der Waals surface area contributed by atoms with E-state index in [2.05, 4.69) is 5.10 Å². The van der Waals surface area contributed by atoms with Gasteiger partial charge < -0.3 is 9.84 Å². The third-order valence-electron chi connectivity index (χ3n) is 2.62. The van der Waals surface area contributed by atoms with Gasteiger partial charge in [-0.1, -0.05) is 13.8 Å². The van der Waals surface area contributed by atoms with Crippen molar-refractivity contribution in [2.75, 3.05) is 0 Å². The lowest BCUT2D eigenvalue weighted by Gasteiger charge is -2.02. The minimum Gasteiger partial charge on any atom is -0.485 e. The molecule has 6 heteroatoms. The Morgan fingerprint density at radius 2 is 2.32 bits per heavy atom. The van der Waals surface area contributed by atoms with Gasteiger partial charge >= 0.3 is 5.97 Å². The molecule has 2 aromatic rings. The molecule has 19 heavy (non-hydrogen) atoms. The van der Waals surface area contributed by atoms with Gasteiger partial charge in [-0.25, -0.2) is 4.79 Å². The molecule has 0 aliphatic rings. The van der Waals surface area contributed by atoms with Gasteiger partial charge in [0.1, 0.15) is 12.4 Å². The molecule has 5 nitrogen and oxygen atoms in total. The molecule has 0 spiro atoms. The van der Waals surface area contributed by atoms with Gasteiger partial charge in [-0.15, -0.1) is 11.3 Å². The summed E-state index contributed by atoms with van der Waals surface area (Å²) < 4.78 is 7.27. The molecule has 2 aromatic heterocycles. The number of aromatic nitrogens is 2. The summed E-state index contributed by atoms with van der Waals surface area (Å²) in [7, 11) is 1.83. The molecule has 102 valence electrons. The zero-order chi connectivity index (χ0) is 14.0. The number of ether oxygens (including phenoxy) is 1. The normalized spacial score (nSPS) is 10.9. The van der Waals surface area contributed by atoms with Crippen LogP contribution in [-0.2, 0) is 13.7 Å². The Labute approximate surface area is 115 Å². The number of thiophene rings is 1. The van der Waals surface area contributed by atoms with Crippen molar-refractivity contribution in [2.24, 2.45) is 7.05 Å². The largest absolute Gasteiger partial charge is 0.485 e. The summed E-state index contributed by atoms with van der Waals surface area (Å²) in [4.78, 5) is 12.4. The summed E-state index contributed by atoms with van der Waals surface area (Å²) in [6.45, 7) is 4.33. The molecule has 0 aliphatic carbocycles. The fraction of sp³-hybridized carbons (Fsp3) is 0.385. The zero-order valence-corrected chi connectivity index (χ0v) is 11.9. The van der Waals surface area contributed by atoms with Gasteiger partial charge in [-0.3, -0.25) is 4.68 Å². The van der Waals surface area contributed by atoms with E-state index >= 15 is 0 Å². The Bertz CT molecular complexity index is 586. The fourth-order valence-corrected chi connectivity index (χ4v) is 2.57. The summed E-state index contributed by atoms with van der Waals surface area (Å²) in [5.41, 5.74) is 0.774. The van der Waals surface area contributed by atoms with Crippen LogP contribution in [-0.4, -0.2) is 20.9 Å². The Hall–Kier alpha value is -1.82. The summed E-state index contributed by atoms with van der Waals surface area (Å²) in [6.07, 6.45) is 1.82. The zero-order valence-electron chi connectivity index (χ0n) is 11.1. The van der Waals surface area contributed by atoms with Gasteiger partial charge in [-0.05, 0) is 18.1 Å². The fourth-order valence-electron chi connectivity index (χ4n) is 1.62. The van der Waals surface area contributed by atoms with E-state index < -0.39 is 5.97 Å². The number of nitrogens with zero attached hydrogens (tertiary/aromatic N) is 2. The second kappa shape index (κ2) is 5.44. The second-order valence-electron chi connectivity index (χ2n) is 4.57. The summed E-state index contributed by atoms with van der Waals surface area (Å²) in [5.74, 6) is -0.241. The molecule has 0 saturated heterocycles. The maximum Gasteiger partial charge on any atom is 0.349 e. The van der Waals surface area contributed by atoms with Gasteiger partial charge in [-0.2, -0.15) is 5.10 Å². The molecule has 0 saturated carbocycles. The Kier molecular flexibility index (Phi) is 3.90. The lowest BCUT2D eigenvalue weighted by Crippen LogP contribution is -2.01. The van der Waals surface area contributed by atoms with Crippen molar-refractivity contribution in [3.8, 4) is 5.75 Å². The molecule has 0 radical (unpaired) electrons. The first kappa shape index (κ1) is 13.6. The van der Waals surface area contributed by atoms with Crippen LogP contribution < -0.4 is 4.74 Å². The number of rotatable bonds is 5. The van der Waals surface area contributed by atoms with Crippen LogP contribution in [0.15, 0.2) is 18.3 Å². The number of hydrogen-bond donors (Lipinski definition) is 1. The van der Waals surface area contributed by atoms with Crippen molar-refractivity contribution in [1.82, 2.24) is 9.78 Å². The van der Waals surface area contributed by atoms with E-state index in [9.17, 15) is 9.90 Å². The van der Waals surface area contributed by atoms with Gasteiger partial charge in [0.2, 0.25) is 0 Å². The molecule has 1 N–H and O–H groups in total. The predicted octanol–water partition coefficient (Wildman–Crippen LogP) is 2.88. The lowest BCUT2D eigenvalue weighted by molar-refractivity contribution is 0.0697. The molecule has 2 heterocycles. The average Bonchev–Trinajstić information content (AvgIpc) is 2.92. The van der Waals surface area contributed by atoms with Crippen molar-refractivity contribution < 1.29 is 14.6 Å². The van der Waals surface area contributed by atoms with Gasteiger partial charge in [0.05, 0.1) is 5.69 Å². The van der Waals surface area contributed by atoms with Crippen LogP contribution in [0.5, 0.6) is 5.75 Å². The number of carbonyl (C=O) groups is 1. The number of aromatic carboxylic acids is 1. The highest BCUT2D eigenvalue weighted by molar-refractivity contribution is 7.14. The van der Waals surface area contributed by atoms with Gasteiger partial charge in [0.15, 0.2) is 4.88 Å². The van der Waals surface area contributed by atoms with Crippen LogP contribution in [0, 0.1) is 0 Å². The van der Waals surface area contributed by atoms with E-state index in [1.165, 1.54) is 11.3 Å². The van der Waals surface area contributed by atoms with Crippen molar-refractivity contribution >= 4 is 17.3 Å². The summed E-state index contributed by atoms with van der Waals surface area (Å²) >= 11 is 1.27. The van der Waals surface area contributed by atoms with E-state index in [0.29, 0.717) is 5.75 Å². The van der Waals surface area contributed by atoms with Gasteiger partial charge in [0.25, 0.3) is 0 Å². The van der Waals surface area contributed by atoms with Crippen LogP contribution in [0.4, 0.5) is 0 Å². The van der Waals surface area contributed by atoms with Gasteiger partial charge in [0, 0.05) is 18.1 Å². The molecular formula is C13H16N2O3S. The highest BCUT2D eigenvalue weighted by Crippen LogP contribution is 2.34. The minimum atomic E-state index is -0.951. The van der Waals surface area contributed by atoms with Crippen LogP contribution in [0.2, 0.25) is 0 Å². The van der Waals surface area contributed by atoms with Crippen LogP contribution in [0.25, 0.3) is 0 Å². The molecule has 0 amide bonds. The average molecular weight is 280 g/mol. The number of aryl methyl sites for hydroxylation is 1. The Morgan fingerprint density at radius 1 is 1.58 bits per heavy atom. The van der Waals surface area contributed by atoms with Crippen molar-refractivity contribution in [2.45, 2.75) is 26.4 Å². The van der Waals surface area contributed by atoms with Crippen LogP contribution in [0.3, 0.4) is 0 Å². The molecule has 0 unspecified atom stereocenters. The predicted molar refractivity (Wildman–Crippen MR) is 72.9 cm³/mol. The number of hydrogen-bond acceptors (Lipinski definition) is 4. The number of carboxylic acids is 1. The second-order valence-corrected chi connectivity index (χ2v) is 5.66. The first-order chi connectivity index (χ1) is 8.97. The highest BCUT2D eigenvalue weighted by atomic mass is 32.1. The first-order valence-corrected chi connectivity index (χ1v) is 6.77. The lowest BCUT2D eigenvalue weighted by atomic mass is 10.2. The maximum absolute atomic E-state index is 11.2. The van der Waals surface area contributed by atoms with E-state index in [1.54, 1.807) is 4.68 Å². The van der Waals surface area contributed by atoms with E-state index in [0.717, 1.165) is 10.6 Å². The van der Waals surface area contributed by atoms with E-state index in [4.69, 9.17) is 4.74 Å². The highest BCUT2D eigenvalue weighted by Gasteiger charge is 2.18. The minimum absolute atomic E-state index is 0.250. The monoisotopic (exact) mass is 280 g/mol. The number of carboxylic acid groups (broad SMARTS) is 1. The molecule has 0 aliphatic heterocycles. The third kappa shape index (κ3) is 3.14. The maximum atomic E-state index is 11.2. The third-order valence-corrected chi connectivity index (χ3v) is 4.03. The molecule has 0 bridgehead atoms. The first-order valence-electron chi connectivity index (χ1n) is 5.95. The van der Waals surface area contributed by atoms with Crippen molar-refractivity contribution in [3.63, 3.8) is 0 Å². The Balaban J connectivity index is 2.16. The standard InChI is InChI=1S/C13H16N2O3S/c1-8(2)11-6-10(12(19-11)13(16)17)18-7-9-4-5-15(3)14-9/h4-6,8H,7H2,1-3H3,(H,16,17). The van der Waals surface area contributed by atoms with E-state index in [1.807, 2.05) is 39.2 Å². The topological polar surface area (TPSA) is 64.4 Å². The van der Waals surface area contributed by atoms with Crippen LogP contribution in [0.1, 0.15) is 40.0 Å². The van der Waals surface area contributed by atoms with Crippen LogP contribution >= 0.6 is 11.3 Å². The Morgan fingerprint density at radius 3 is 2.84 bits per heavy atom. The molecule has 0 atom stereocenters. The van der Waals surface area contributed by atoms with Crippen molar-refractivity contribution in [3.05, 3.63) is 33.8 Å². The molecule has 0 fully saturated rings. The summed E-state index contributed by atoms with van der Waals surface area (Å²) in [5, 5.41) is 13.4. The van der Waals surface area contributed by atoms with Crippen molar-refractivity contribution in [1.29, 1.82) is 0 Å². The molecule has 2 rings (SSSR count). The smallest absolute Gasteiger partial charge is 0.349 e. The molecule has 0 aromatic carbocycles. The summed E-state index contributed by atoms with van der Waals surface area (Å²) in [6, 6.07) is 3.65. The van der Waals surface area contributed by atoms with E-state index in [-0.39, 0.29) is 17.4 Å². The molecular weight excluding hydrogens is 264 g/mol. The quantitative estimate of drug-likeness (QED) is 0.914. The SMILES string of the molecule is CC(C)c1cc(OCc2ccn(C)n2)c(C(=O)O)s1.